The van der Waals surface area contributed by atoms with Crippen molar-refractivity contribution in [1.29, 1.82) is 0 Å². The molecular weight excluding hydrogens is 370 g/mol. The third kappa shape index (κ3) is 4.16. The van der Waals surface area contributed by atoms with E-state index in [2.05, 4.69) is 15.9 Å². The number of carbonyl (C=O) groups excluding carboxylic acids is 2. The lowest BCUT2D eigenvalue weighted by molar-refractivity contribution is -0.137. The standard InChI is InChI=1S/C18H26BrN3O2/c1-12-9-15(19)6-7-16(12)18(24)22-8-4-5-14(11-22)17(23)21(3)13(2)10-20/h6-7,9,13-14H,4-5,8,10-11,20H2,1-3H3. The number of halogens is 1. The Bertz CT molecular complexity index is 620. The average Bonchev–Trinajstić information content (AvgIpc) is 2.59. The van der Waals surface area contributed by atoms with E-state index in [1.165, 1.54) is 0 Å². The molecule has 1 aromatic carbocycles. The van der Waals surface area contributed by atoms with Crippen LogP contribution in [-0.2, 0) is 4.79 Å². The van der Waals surface area contributed by atoms with Crippen LogP contribution >= 0.6 is 15.9 Å². The number of benzene rings is 1. The molecule has 2 rings (SSSR count). The van der Waals surface area contributed by atoms with Crippen molar-refractivity contribution in [3.63, 3.8) is 0 Å². The highest BCUT2D eigenvalue weighted by Gasteiger charge is 2.31. The van der Waals surface area contributed by atoms with Gasteiger partial charge in [0, 0.05) is 42.8 Å². The van der Waals surface area contributed by atoms with Gasteiger partial charge in [0.25, 0.3) is 5.91 Å². The number of likely N-dealkylation sites (N-methyl/N-ethyl adjacent to an activating group) is 1. The van der Waals surface area contributed by atoms with E-state index in [4.69, 9.17) is 5.73 Å². The lowest BCUT2D eigenvalue weighted by Crippen LogP contribution is -2.49. The third-order valence-electron chi connectivity index (χ3n) is 4.83. The van der Waals surface area contributed by atoms with E-state index >= 15 is 0 Å². The van der Waals surface area contributed by atoms with Gasteiger partial charge >= 0.3 is 0 Å². The largest absolute Gasteiger partial charge is 0.341 e. The molecule has 1 aliphatic heterocycles. The summed E-state index contributed by atoms with van der Waals surface area (Å²) >= 11 is 3.42. The van der Waals surface area contributed by atoms with Crippen molar-refractivity contribution in [1.82, 2.24) is 9.80 Å². The van der Waals surface area contributed by atoms with Crippen molar-refractivity contribution >= 4 is 27.7 Å². The minimum atomic E-state index is -0.141. The van der Waals surface area contributed by atoms with E-state index in [9.17, 15) is 9.59 Å². The molecule has 0 saturated carbocycles. The molecule has 0 aromatic heterocycles. The summed E-state index contributed by atoms with van der Waals surface area (Å²) < 4.78 is 0.959. The summed E-state index contributed by atoms with van der Waals surface area (Å²) in [6.45, 7) is 5.49. The van der Waals surface area contributed by atoms with Gasteiger partial charge in [-0.05, 0) is 50.5 Å². The number of nitrogens with zero attached hydrogens (tertiary/aromatic N) is 2. The second-order valence-corrected chi connectivity index (χ2v) is 7.50. The van der Waals surface area contributed by atoms with E-state index in [1.807, 2.05) is 36.9 Å². The van der Waals surface area contributed by atoms with Crippen molar-refractivity contribution in [2.75, 3.05) is 26.7 Å². The molecule has 5 nitrogen and oxygen atoms in total. The number of likely N-dealkylation sites (tertiary alicyclic amines) is 1. The molecule has 0 aliphatic carbocycles. The first kappa shape index (κ1) is 18.9. The monoisotopic (exact) mass is 395 g/mol. The minimum Gasteiger partial charge on any atom is -0.341 e. The van der Waals surface area contributed by atoms with Gasteiger partial charge in [-0.15, -0.1) is 0 Å². The molecule has 1 saturated heterocycles. The highest BCUT2D eigenvalue weighted by molar-refractivity contribution is 9.10. The summed E-state index contributed by atoms with van der Waals surface area (Å²) in [4.78, 5) is 29.0. The quantitative estimate of drug-likeness (QED) is 0.850. The Hall–Kier alpha value is -1.40. The zero-order chi connectivity index (χ0) is 17.9. The molecule has 24 heavy (non-hydrogen) atoms. The maximum Gasteiger partial charge on any atom is 0.254 e. The van der Waals surface area contributed by atoms with E-state index in [0.29, 0.717) is 25.2 Å². The molecule has 0 spiro atoms. The van der Waals surface area contributed by atoms with Crippen LogP contribution in [0.25, 0.3) is 0 Å². The Morgan fingerprint density at radius 1 is 1.46 bits per heavy atom. The first-order valence-corrected chi connectivity index (χ1v) is 9.16. The van der Waals surface area contributed by atoms with Crippen LogP contribution in [0.2, 0.25) is 0 Å². The van der Waals surface area contributed by atoms with E-state index < -0.39 is 0 Å². The smallest absolute Gasteiger partial charge is 0.254 e. The maximum atomic E-state index is 12.8. The molecule has 6 heteroatoms. The van der Waals surface area contributed by atoms with Crippen LogP contribution in [0.15, 0.2) is 22.7 Å². The van der Waals surface area contributed by atoms with Gasteiger partial charge in [-0.2, -0.15) is 0 Å². The molecule has 2 N–H and O–H groups in total. The number of hydrogen-bond donors (Lipinski definition) is 1. The van der Waals surface area contributed by atoms with Crippen LogP contribution in [-0.4, -0.2) is 54.3 Å². The highest BCUT2D eigenvalue weighted by atomic mass is 79.9. The molecule has 1 fully saturated rings. The van der Waals surface area contributed by atoms with E-state index in [0.717, 1.165) is 22.9 Å². The van der Waals surface area contributed by atoms with Gasteiger partial charge in [0.1, 0.15) is 0 Å². The summed E-state index contributed by atoms with van der Waals surface area (Å²) in [5.74, 6) is -0.0533. The van der Waals surface area contributed by atoms with Crippen LogP contribution in [0.3, 0.4) is 0 Å². The van der Waals surface area contributed by atoms with Crippen molar-refractivity contribution in [3.8, 4) is 0 Å². The predicted octanol–water partition coefficient (Wildman–Crippen LogP) is 2.42. The fourth-order valence-electron chi connectivity index (χ4n) is 3.06. The Morgan fingerprint density at radius 3 is 2.79 bits per heavy atom. The highest BCUT2D eigenvalue weighted by Crippen LogP contribution is 2.23. The lowest BCUT2D eigenvalue weighted by atomic mass is 9.95. The van der Waals surface area contributed by atoms with Crippen molar-refractivity contribution in [2.45, 2.75) is 32.7 Å². The van der Waals surface area contributed by atoms with Gasteiger partial charge in [0.05, 0.1) is 5.92 Å². The lowest BCUT2D eigenvalue weighted by Gasteiger charge is -2.35. The molecule has 132 valence electrons. The molecular formula is C18H26BrN3O2. The summed E-state index contributed by atoms with van der Waals surface area (Å²) in [5, 5.41) is 0. The normalized spacial score (nSPS) is 19.0. The zero-order valence-electron chi connectivity index (χ0n) is 14.6. The van der Waals surface area contributed by atoms with Crippen LogP contribution < -0.4 is 5.73 Å². The van der Waals surface area contributed by atoms with E-state index in [1.54, 1.807) is 11.9 Å². The van der Waals surface area contributed by atoms with Gasteiger partial charge in [0.15, 0.2) is 0 Å². The molecule has 1 heterocycles. The second-order valence-electron chi connectivity index (χ2n) is 6.58. The third-order valence-corrected chi connectivity index (χ3v) is 5.32. The number of aryl methyl sites for hydroxylation is 1. The maximum absolute atomic E-state index is 12.8. The average molecular weight is 396 g/mol. The summed E-state index contributed by atoms with van der Waals surface area (Å²) in [5.41, 5.74) is 7.30. The van der Waals surface area contributed by atoms with Crippen molar-refractivity contribution < 1.29 is 9.59 Å². The number of hydrogen-bond acceptors (Lipinski definition) is 3. The first-order chi connectivity index (χ1) is 11.3. The topological polar surface area (TPSA) is 66.6 Å². The SMILES string of the molecule is Cc1cc(Br)ccc1C(=O)N1CCCC(C(=O)N(C)C(C)CN)C1. The van der Waals surface area contributed by atoms with Gasteiger partial charge in [-0.1, -0.05) is 15.9 Å². The molecule has 0 radical (unpaired) electrons. The summed E-state index contributed by atoms with van der Waals surface area (Å²) in [6, 6.07) is 5.67. The second kappa shape index (κ2) is 8.12. The fourth-order valence-corrected chi connectivity index (χ4v) is 3.54. The number of nitrogens with two attached hydrogens (primary N) is 1. The molecule has 2 amide bonds. The van der Waals surface area contributed by atoms with Gasteiger partial charge < -0.3 is 15.5 Å². The van der Waals surface area contributed by atoms with Crippen molar-refractivity contribution in [3.05, 3.63) is 33.8 Å². The Morgan fingerprint density at radius 2 is 2.17 bits per heavy atom. The molecule has 2 unspecified atom stereocenters. The molecule has 0 bridgehead atoms. The summed E-state index contributed by atoms with van der Waals surface area (Å²) in [6.07, 6.45) is 1.67. The predicted molar refractivity (Wildman–Crippen MR) is 98.8 cm³/mol. The van der Waals surface area contributed by atoms with Crippen LogP contribution in [0.1, 0.15) is 35.7 Å². The first-order valence-electron chi connectivity index (χ1n) is 8.37. The number of carbonyl (C=O) groups is 2. The molecule has 2 atom stereocenters. The molecule has 1 aliphatic rings. The number of piperidine rings is 1. The van der Waals surface area contributed by atoms with Crippen LogP contribution in [0.5, 0.6) is 0 Å². The Kier molecular flexibility index (Phi) is 6.40. The summed E-state index contributed by atoms with van der Waals surface area (Å²) in [7, 11) is 1.79. The minimum absolute atomic E-state index is 0.00651. The zero-order valence-corrected chi connectivity index (χ0v) is 16.2. The number of rotatable bonds is 4. The van der Waals surface area contributed by atoms with Crippen LogP contribution in [0.4, 0.5) is 0 Å². The fraction of sp³-hybridized carbons (Fsp3) is 0.556. The van der Waals surface area contributed by atoms with E-state index in [-0.39, 0.29) is 23.8 Å². The Balaban J connectivity index is 2.10. The van der Waals surface area contributed by atoms with Gasteiger partial charge in [0.2, 0.25) is 5.91 Å². The van der Waals surface area contributed by atoms with Crippen molar-refractivity contribution in [2.24, 2.45) is 11.7 Å². The molecule has 1 aromatic rings. The number of amides is 2. The Labute approximate surface area is 152 Å². The van der Waals surface area contributed by atoms with Gasteiger partial charge in [-0.25, -0.2) is 0 Å². The van der Waals surface area contributed by atoms with Gasteiger partial charge in [-0.3, -0.25) is 9.59 Å². The van der Waals surface area contributed by atoms with Crippen LogP contribution in [0, 0.1) is 12.8 Å².